The molecular weight excluding hydrogens is 272 g/mol. The van der Waals surface area contributed by atoms with Crippen molar-refractivity contribution in [2.45, 2.75) is 12.8 Å². The van der Waals surface area contributed by atoms with Crippen LogP contribution in [-0.2, 0) is 9.53 Å². The Morgan fingerprint density at radius 3 is 3.10 bits per heavy atom. The van der Waals surface area contributed by atoms with Gasteiger partial charge in [-0.3, -0.25) is 9.78 Å². The molecule has 0 aromatic carbocycles. The lowest BCUT2D eigenvalue weighted by atomic mass is 10.0. The molecule has 2 N–H and O–H groups in total. The van der Waals surface area contributed by atoms with Gasteiger partial charge in [-0.2, -0.15) is 0 Å². The predicted octanol–water partition coefficient (Wildman–Crippen LogP) is 1.34. The van der Waals surface area contributed by atoms with Crippen LogP contribution >= 0.6 is 0 Å². The Hall–Kier alpha value is -2.21. The summed E-state index contributed by atoms with van der Waals surface area (Å²) in [7, 11) is 0. The molecule has 1 unspecified atom stereocenters. The molecule has 2 rings (SSSR count). The quantitative estimate of drug-likeness (QED) is 0.799. The van der Waals surface area contributed by atoms with Crippen molar-refractivity contribution in [3.63, 3.8) is 0 Å². The Morgan fingerprint density at radius 2 is 2.38 bits per heavy atom. The van der Waals surface area contributed by atoms with Crippen LogP contribution in [0, 0.1) is 5.92 Å². The van der Waals surface area contributed by atoms with Gasteiger partial charge < -0.3 is 15.2 Å². The average molecular weight is 290 g/mol. The van der Waals surface area contributed by atoms with Crippen molar-refractivity contribution in [3.8, 4) is 0 Å². The zero-order valence-electron chi connectivity index (χ0n) is 11.6. The normalized spacial score (nSPS) is 18.6. The number of carbonyl (C=O) groups excluding carboxylic acids is 1. The van der Waals surface area contributed by atoms with Gasteiger partial charge in [0.25, 0.3) is 5.91 Å². The molecule has 1 atom stereocenters. The van der Waals surface area contributed by atoms with E-state index in [9.17, 15) is 9.59 Å². The van der Waals surface area contributed by atoms with Crippen LogP contribution in [0.25, 0.3) is 6.08 Å². The van der Waals surface area contributed by atoms with Crippen molar-refractivity contribution >= 4 is 18.0 Å². The van der Waals surface area contributed by atoms with Gasteiger partial charge in [-0.15, -0.1) is 0 Å². The molecule has 1 aromatic heterocycles. The summed E-state index contributed by atoms with van der Waals surface area (Å²) in [6, 6.07) is 1.58. The topological polar surface area (TPSA) is 88.5 Å². The van der Waals surface area contributed by atoms with Crippen LogP contribution in [0.2, 0.25) is 0 Å². The number of nitrogens with one attached hydrogen (secondary N) is 1. The fraction of sp³-hybridized carbons (Fsp3) is 0.400. The summed E-state index contributed by atoms with van der Waals surface area (Å²) >= 11 is 0. The van der Waals surface area contributed by atoms with Gasteiger partial charge in [-0.05, 0) is 30.9 Å². The molecule has 1 fully saturated rings. The molecule has 0 spiro atoms. The average Bonchev–Trinajstić information content (AvgIpc) is 2.52. The number of aromatic nitrogens is 1. The minimum atomic E-state index is -1.07. The second-order valence-electron chi connectivity index (χ2n) is 4.93. The summed E-state index contributed by atoms with van der Waals surface area (Å²) in [5.41, 5.74) is 0.900. The highest BCUT2D eigenvalue weighted by Crippen LogP contribution is 2.13. The van der Waals surface area contributed by atoms with Crippen molar-refractivity contribution in [2.24, 2.45) is 5.92 Å². The van der Waals surface area contributed by atoms with E-state index in [1.807, 2.05) is 0 Å². The molecule has 6 nitrogen and oxygen atoms in total. The van der Waals surface area contributed by atoms with Crippen molar-refractivity contribution in [3.05, 3.63) is 35.7 Å². The maximum Gasteiger partial charge on any atom is 0.328 e. The van der Waals surface area contributed by atoms with E-state index in [4.69, 9.17) is 9.84 Å². The molecule has 0 radical (unpaired) electrons. The monoisotopic (exact) mass is 290 g/mol. The van der Waals surface area contributed by atoms with Crippen molar-refractivity contribution in [1.82, 2.24) is 10.3 Å². The zero-order valence-corrected chi connectivity index (χ0v) is 11.6. The SMILES string of the molecule is O=C(O)C=Cc1cnccc1C(=O)NCC1CCCOC1. The van der Waals surface area contributed by atoms with Gasteiger partial charge in [0.1, 0.15) is 0 Å². The third kappa shape index (κ3) is 4.68. The number of carboxylic acid groups (broad SMARTS) is 1. The summed E-state index contributed by atoms with van der Waals surface area (Å²) in [5, 5.41) is 11.5. The van der Waals surface area contributed by atoms with E-state index in [1.165, 1.54) is 18.5 Å². The van der Waals surface area contributed by atoms with Gasteiger partial charge >= 0.3 is 5.97 Å². The van der Waals surface area contributed by atoms with Crippen LogP contribution in [0.4, 0.5) is 0 Å². The molecular formula is C15H18N2O4. The maximum atomic E-state index is 12.2. The minimum absolute atomic E-state index is 0.229. The molecule has 2 heterocycles. The van der Waals surface area contributed by atoms with Gasteiger partial charge in [0.05, 0.1) is 6.61 Å². The largest absolute Gasteiger partial charge is 0.478 e. The van der Waals surface area contributed by atoms with E-state index in [0.29, 0.717) is 30.2 Å². The second kappa shape index (κ2) is 7.54. The second-order valence-corrected chi connectivity index (χ2v) is 4.93. The molecule has 1 aromatic rings. The van der Waals surface area contributed by atoms with Crippen LogP contribution < -0.4 is 5.32 Å². The Labute approximate surface area is 122 Å². The molecule has 6 heteroatoms. The minimum Gasteiger partial charge on any atom is -0.478 e. The number of rotatable bonds is 5. The van der Waals surface area contributed by atoms with Gasteiger partial charge in [0.15, 0.2) is 0 Å². The van der Waals surface area contributed by atoms with Gasteiger partial charge in [-0.1, -0.05) is 0 Å². The van der Waals surface area contributed by atoms with Gasteiger partial charge in [-0.25, -0.2) is 4.79 Å². The molecule has 1 amide bonds. The number of nitrogens with zero attached hydrogens (tertiary/aromatic N) is 1. The van der Waals surface area contributed by atoms with Crippen LogP contribution in [0.3, 0.4) is 0 Å². The van der Waals surface area contributed by atoms with E-state index in [2.05, 4.69) is 10.3 Å². The number of carboxylic acids is 1. The smallest absolute Gasteiger partial charge is 0.328 e. The molecule has 0 saturated carbocycles. The number of ether oxygens (including phenoxy) is 1. The first kappa shape index (κ1) is 15.2. The molecule has 1 saturated heterocycles. The van der Waals surface area contributed by atoms with Crippen LogP contribution in [0.1, 0.15) is 28.8 Å². The van der Waals surface area contributed by atoms with Crippen LogP contribution in [-0.4, -0.2) is 41.7 Å². The molecule has 1 aliphatic rings. The number of carbonyl (C=O) groups is 2. The third-order valence-corrected chi connectivity index (χ3v) is 3.31. The zero-order chi connectivity index (χ0) is 15.1. The van der Waals surface area contributed by atoms with Crippen LogP contribution in [0.15, 0.2) is 24.5 Å². The van der Waals surface area contributed by atoms with Crippen LogP contribution in [0.5, 0.6) is 0 Å². The van der Waals surface area contributed by atoms with E-state index in [1.54, 1.807) is 6.07 Å². The fourth-order valence-corrected chi connectivity index (χ4v) is 2.21. The lowest BCUT2D eigenvalue weighted by molar-refractivity contribution is -0.131. The predicted molar refractivity (Wildman–Crippen MR) is 76.8 cm³/mol. The highest BCUT2D eigenvalue weighted by atomic mass is 16.5. The van der Waals surface area contributed by atoms with Crippen molar-refractivity contribution in [2.75, 3.05) is 19.8 Å². The molecule has 112 valence electrons. The van der Waals surface area contributed by atoms with Crippen molar-refractivity contribution < 1.29 is 19.4 Å². The van der Waals surface area contributed by atoms with E-state index in [-0.39, 0.29) is 5.91 Å². The Kier molecular flexibility index (Phi) is 5.45. The first-order chi connectivity index (χ1) is 10.2. The number of amides is 1. The Balaban J connectivity index is 1.99. The van der Waals surface area contributed by atoms with E-state index in [0.717, 1.165) is 25.5 Å². The fourth-order valence-electron chi connectivity index (χ4n) is 2.21. The summed E-state index contributed by atoms with van der Waals surface area (Å²) in [4.78, 5) is 26.7. The first-order valence-corrected chi connectivity index (χ1v) is 6.88. The highest BCUT2D eigenvalue weighted by molar-refractivity contribution is 5.98. The number of pyridine rings is 1. The maximum absolute atomic E-state index is 12.2. The van der Waals surface area contributed by atoms with E-state index < -0.39 is 5.97 Å². The molecule has 1 aliphatic heterocycles. The molecule has 21 heavy (non-hydrogen) atoms. The lowest BCUT2D eigenvalue weighted by Gasteiger charge is -2.22. The number of hydrogen-bond acceptors (Lipinski definition) is 4. The Bertz CT molecular complexity index is 536. The summed E-state index contributed by atoms with van der Waals surface area (Å²) in [6.07, 6.45) is 7.40. The first-order valence-electron chi connectivity index (χ1n) is 6.88. The van der Waals surface area contributed by atoms with E-state index >= 15 is 0 Å². The summed E-state index contributed by atoms with van der Waals surface area (Å²) in [5.74, 6) is -0.958. The Morgan fingerprint density at radius 1 is 1.52 bits per heavy atom. The van der Waals surface area contributed by atoms with Crippen molar-refractivity contribution in [1.29, 1.82) is 0 Å². The standard InChI is InChI=1S/C15H18N2O4/c18-14(19)4-3-12-9-16-6-5-13(12)15(20)17-8-11-2-1-7-21-10-11/h3-6,9,11H,1-2,7-8,10H2,(H,17,20)(H,18,19). The van der Waals surface area contributed by atoms with Gasteiger partial charge in [0, 0.05) is 42.7 Å². The summed E-state index contributed by atoms with van der Waals surface area (Å²) in [6.45, 7) is 2.02. The summed E-state index contributed by atoms with van der Waals surface area (Å²) < 4.78 is 5.37. The number of aliphatic carboxylic acids is 1. The number of hydrogen-bond donors (Lipinski definition) is 2. The van der Waals surface area contributed by atoms with Gasteiger partial charge in [0.2, 0.25) is 0 Å². The highest BCUT2D eigenvalue weighted by Gasteiger charge is 2.16. The third-order valence-electron chi connectivity index (χ3n) is 3.31. The molecule has 0 aliphatic carbocycles. The molecule has 0 bridgehead atoms. The lowest BCUT2D eigenvalue weighted by Crippen LogP contribution is -2.33.